The molecule has 0 aliphatic carbocycles. The van der Waals surface area contributed by atoms with E-state index < -0.39 is 11.9 Å². The molecule has 26 heavy (non-hydrogen) atoms. The molecule has 0 saturated carbocycles. The van der Waals surface area contributed by atoms with Crippen LogP contribution in [0, 0.1) is 0 Å². The van der Waals surface area contributed by atoms with E-state index in [2.05, 4.69) is 10.1 Å². The summed E-state index contributed by atoms with van der Waals surface area (Å²) in [6.45, 7) is 2.55. The molecule has 1 saturated heterocycles. The molecule has 1 atom stereocenters. The molecule has 1 fully saturated rings. The molecule has 136 valence electrons. The van der Waals surface area contributed by atoms with Gasteiger partial charge in [0.25, 0.3) is 0 Å². The molecule has 0 bridgehead atoms. The molecule has 3 aromatic heterocycles. The Labute approximate surface area is 151 Å². The molecule has 1 unspecified atom stereocenters. The first kappa shape index (κ1) is 17.0. The van der Waals surface area contributed by atoms with Gasteiger partial charge < -0.3 is 4.90 Å². The standard InChI is InChI=1S/C17H15F3N4OS/c1-10(25)23-5-4-11(9-23)12-8-16-21-13(14-3-2-6-26-14)7-15(17(18,19)20)24(16)22-12/h2-3,6-8,11H,4-5,9H2,1H3. The van der Waals surface area contributed by atoms with E-state index in [-0.39, 0.29) is 23.2 Å². The number of alkyl halides is 3. The van der Waals surface area contributed by atoms with Crippen LogP contribution in [0.15, 0.2) is 29.6 Å². The highest BCUT2D eigenvalue weighted by atomic mass is 32.1. The summed E-state index contributed by atoms with van der Waals surface area (Å²) >= 11 is 1.34. The summed E-state index contributed by atoms with van der Waals surface area (Å²) in [5.74, 6) is -0.114. The van der Waals surface area contributed by atoms with Gasteiger partial charge in [0.2, 0.25) is 5.91 Å². The van der Waals surface area contributed by atoms with Gasteiger partial charge in [-0.15, -0.1) is 11.3 Å². The summed E-state index contributed by atoms with van der Waals surface area (Å²) in [5, 5.41) is 5.97. The van der Waals surface area contributed by atoms with Crippen molar-refractivity contribution in [3.63, 3.8) is 0 Å². The lowest BCUT2D eigenvalue weighted by Gasteiger charge is -2.12. The van der Waals surface area contributed by atoms with Crippen molar-refractivity contribution in [2.75, 3.05) is 13.1 Å². The highest BCUT2D eigenvalue weighted by molar-refractivity contribution is 7.13. The number of hydrogen-bond acceptors (Lipinski definition) is 4. The maximum absolute atomic E-state index is 13.6. The van der Waals surface area contributed by atoms with Crippen LogP contribution in [-0.4, -0.2) is 38.5 Å². The first-order valence-corrected chi connectivity index (χ1v) is 8.98. The maximum atomic E-state index is 13.6. The second-order valence-electron chi connectivity index (χ2n) is 6.29. The van der Waals surface area contributed by atoms with Gasteiger partial charge in [-0.1, -0.05) is 6.07 Å². The number of amides is 1. The number of halogens is 3. The lowest BCUT2D eigenvalue weighted by atomic mass is 10.1. The van der Waals surface area contributed by atoms with Gasteiger partial charge in [0.15, 0.2) is 11.3 Å². The Morgan fingerprint density at radius 1 is 1.35 bits per heavy atom. The van der Waals surface area contributed by atoms with Gasteiger partial charge in [-0.3, -0.25) is 4.79 Å². The number of hydrogen-bond donors (Lipinski definition) is 0. The van der Waals surface area contributed by atoms with Gasteiger partial charge in [-0.2, -0.15) is 18.3 Å². The second kappa shape index (κ2) is 6.08. The number of likely N-dealkylation sites (tertiary alicyclic amines) is 1. The van der Waals surface area contributed by atoms with Gasteiger partial charge >= 0.3 is 6.18 Å². The fourth-order valence-electron chi connectivity index (χ4n) is 3.23. The predicted octanol–water partition coefficient (Wildman–Crippen LogP) is 3.81. The zero-order valence-electron chi connectivity index (χ0n) is 13.8. The Balaban J connectivity index is 1.80. The van der Waals surface area contributed by atoms with Crippen LogP contribution >= 0.6 is 11.3 Å². The summed E-state index contributed by atoms with van der Waals surface area (Å²) < 4.78 is 41.5. The average Bonchev–Trinajstić information content (AvgIpc) is 3.30. The number of fused-ring (bicyclic) bond motifs is 1. The quantitative estimate of drug-likeness (QED) is 0.679. The molecule has 5 nitrogen and oxygen atoms in total. The first-order valence-electron chi connectivity index (χ1n) is 8.10. The fraction of sp³-hybridized carbons (Fsp3) is 0.353. The largest absolute Gasteiger partial charge is 0.433 e. The van der Waals surface area contributed by atoms with E-state index in [1.807, 2.05) is 0 Å². The van der Waals surface area contributed by atoms with Crippen molar-refractivity contribution in [3.8, 4) is 10.6 Å². The summed E-state index contributed by atoms with van der Waals surface area (Å²) in [5.41, 5.74) is 0.135. The molecule has 3 aromatic rings. The van der Waals surface area contributed by atoms with Gasteiger partial charge in [0.1, 0.15) is 0 Å². The highest BCUT2D eigenvalue weighted by Gasteiger charge is 2.36. The van der Waals surface area contributed by atoms with Crippen molar-refractivity contribution in [2.24, 2.45) is 0 Å². The summed E-state index contributed by atoms with van der Waals surface area (Å²) in [6.07, 6.45) is -3.86. The number of thiophene rings is 1. The summed E-state index contributed by atoms with van der Waals surface area (Å²) in [7, 11) is 0. The van der Waals surface area contributed by atoms with Gasteiger partial charge in [-0.25, -0.2) is 9.50 Å². The number of carbonyl (C=O) groups is 1. The molecule has 0 spiro atoms. The molecular weight excluding hydrogens is 365 g/mol. The third-order valence-electron chi connectivity index (χ3n) is 4.56. The van der Waals surface area contributed by atoms with Crippen molar-refractivity contribution < 1.29 is 18.0 Å². The van der Waals surface area contributed by atoms with E-state index in [4.69, 9.17) is 0 Å². The van der Waals surface area contributed by atoms with Crippen LogP contribution in [0.1, 0.15) is 30.7 Å². The number of carbonyl (C=O) groups excluding carboxylic acids is 1. The predicted molar refractivity (Wildman–Crippen MR) is 90.9 cm³/mol. The van der Waals surface area contributed by atoms with Crippen molar-refractivity contribution >= 4 is 22.9 Å². The molecule has 4 rings (SSSR count). The van der Waals surface area contributed by atoms with Crippen LogP contribution in [0.5, 0.6) is 0 Å². The topological polar surface area (TPSA) is 50.5 Å². The minimum atomic E-state index is -4.54. The Kier molecular flexibility index (Phi) is 3.98. The van der Waals surface area contributed by atoms with Crippen molar-refractivity contribution in [2.45, 2.75) is 25.4 Å². The summed E-state index contributed by atoms with van der Waals surface area (Å²) in [4.78, 5) is 18.2. The molecule has 1 amide bonds. The maximum Gasteiger partial charge on any atom is 0.433 e. The van der Waals surface area contributed by atoms with Crippen LogP contribution in [0.3, 0.4) is 0 Å². The first-order chi connectivity index (χ1) is 12.3. The molecule has 0 aromatic carbocycles. The van der Waals surface area contributed by atoms with Crippen LogP contribution in [0.4, 0.5) is 13.2 Å². The Bertz CT molecular complexity index is 964. The Hall–Kier alpha value is -2.42. The van der Waals surface area contributed by atoms with E-state index in [9.17, 15) is 18.0 Å². The second-order valence-corrected chi connectivity index (χ2v) is 7.24. The lowest BCUT2D eigenvalue weighted by molar-refractivity contribution is -0.142. The van der Waals surface area contributed by atoms with E-state index in [1.165, 1.54) is 18.3 Å². The average molecular weight is 380 g/mol. The van der Waals surface area contributed by atoms with Crippen LogP contribution in [0.25, 0.3) is 16.2 Å². The highest BCUT2D eigenvalue weighted by Crippen LogP contribution is 2.35. The number of rotatable bonds is 2. The molecule has 1 aliphatic rings. The minimum absolute atomic E-state index is 0.0367. The van der Waals surface area contributed by atoms with E-state index in [0.29, 0.717) is 30.1 Å². The van der Waals surface area contributed by atoms with Gasteiger partial charge in [0, 0.05) is 32.0 Å². The lowest BCUT2D eigenvalue weighted by Crippen LogP contribution is -2.25. The monoisotopic (exact) mass is 380 g/mol. The van der Waals surface area contributed by atoms with Crippen LogP contribution < -0.4 is 0 Å². The minimum Gasteiger partial charge on any atom is -0.342 e. The van der Waals surface area contributed by atoms with Crippen LogP contribution in [-0.2, 0) is 11.0 Å². The van der Waals surface area contributed by atoms with Crippen molar-refractivity contribution in [1.29, 1.82) is 0 Å². The van der Waals surface area contributed by atoms with E-state index >= 15 is 0 Å². The number of nitrogens with zero attached hydrogens (tertiary/aromatic N) is 4. The third-order valence-corrected chi connectivity index (χ3v) is 5.45. The molecule has 0 N–H and O–H groups in total. The Morgan fingerprint density at radius 3 is 2.77 bits per heavy atom. The van der Waals surface area contributed by atoms with Gasteiger partial charge in [-0.05, 0) is 23.9 Å². The van der Waals surface area contributed by atoms with Crippen molar-refractivity contribution in [3.05, 3.63) is 41.0 Å². The summed E-state index contributed by atoms with van der Waals surface area (Å²) in [6, 6.07) is 6.14. The number of aromatic nitrogens is 3. The molecule has 0 radical (unpaired) electrons. The molecule has 4 heterocycles. The van der Waals surface area contributed by atoms with Crippen LogP contribution in [0.2, 0.25) is 0 Å². The van der Waals surface area contributed by atoms with E-state index in [1.54, 1.807) is 28.5 Å². The molecular formula is C17H15F3N4OS. The Morgan fingerprint density at radius 2 is 2.15 bits per heavy atom. The molecule has 1 aliphatic heterocycles. The van der Waals surface area contributed by atoms with E-state index in [0.717, 1.165) is 10.6 Å². The van der Waals surface area contributed by atoms with Crippen molar-refractivity contribution in [1.82, 2.24) is 19.5 Å². The zero-order chi connectivity index (χ0) is 18.5. The molecule has 9 heteroatoms. The normalized spacial score (nSPS) is 18.0. The van der Waals surface area contributed by atoms with Gasteiger partial charge in [0.05, 0.1) is 16.3 Å². The zero-order valence-corrected chi connectivity index (χ0v) is 14.6. The SMILES string of the molecule is CC(=O)N1CCC(c2cc3nc(-c4cccs4)cc(C(F)(F)F)n3n2)C1. The smallest absolute Gasteiger partial charge is 0.342 e. The third kappa shape index (κ3) is 2.96. The fourth-order valence-corrected chi connectivity index (χ4v) is 3.92.